The van der Waals surface area contributed by atoms with Crippen molar-refractivity contribution in [3.05, 3.63) is 0 Å². The van der Waals surface area contributed by atoms with Crippen molar-refractivity contribution in [2.75, 3.05) is 6.54 Å². The molecule has 3 heteroatoms. The monoisotopic (exact) mass is 213 g/mol. The zero-order valence-corrected chi connectivity index (χ0v) is 9.83. The van der Waals surface area contributed by atoms with Gasteiger partial charge in [0.15, 0.2) is 0 Å². The molecule has 0 heterocycles. The van der Waals surface area contributed by atoms with Gasteiger partial charge in [-0.25, -0.2) is 0 Å². The van der Waals surface area contributed by atoms with Crippen LogP contribution < -0.4 is 5.73 Å². The quantitative estimate of drug-likeness (QED) is 0.753. The van der Waals surface area contributed by atoms with E-state index >= 15 is 0 Å². The first kappa shape index (κ1) is 12.5. The molecule has 0 bridgehead atoms. The van der Waals surface area contributed by atoms with Crippen LogP contribution in [-0.4, -0.2) is 17.6 Å². The predicted octanol–water partition coefficient (Wildman–Crippen LogP) is 2.25. The van der Waals surface area contributed by atoms with E-state index < -0.39 is 5.97 Å². The molecule has 1 rings (SSSR count). The molecule has 15 heavy (non-hydrogen) atoms. The minimum absolute atomic E-state index is 0.179. The first-order valence-electron chi connectivity index (χ1n) is 5.86. The molecule has 3 nitrogen and oxygen atoms in total. The van der Waals surface area contributed by atoms with E-state index in [4.69, 9.17) is 10.8 Å². The summed E-state index contributed by atoms with van der Waals surface area (Å²) in [4.78, 5) is 10.7. The Hall–Kier alpha value is -0.570. The fourth-order valence-electron chi connectivity index (χ4n) is 2.56. The molecule has 0 saturated heterocycles. The summed E-state index contributed by atoms with van der Waals surface area (Å²) in [6, 6.07) is 0. The maximum absolute atomic E-state index is 10.7. The average Bonchev–Trinajstić information content (AvgIpc) is 2.14. The van der Waals surface area contributed by atoms with Crippen LogP contribution in [0.2, 0.25) is 0 Å². The largest absolute Gasteiger partial charge is 0.481 e. The van der Waals surface area contributed by atoms with Gasteiger partial charge in [0.05, 0.1) is 0 Å². The molecule has 0 aromatic carbocycles. The maximum atomic E-state index is 10.7. The lowest BCUT2D eigenvalue weighted by atomic mass is 9.69. The third-order valence-electron chi connectivity index (χ3n) is 3.79. The van der Waals surface area contributed by atoms with E-state index in [0.29, 0.717) is 17.9 Å². The standard InChI is InChI=1S/C12H23NO2/c1-12(2)5-3-9(4-6-12)10(8-13)7-11(14)15/h9-10H,3-8,13H2,1-2H3,(H,14,15). The summed E-state index contributed by atoms with van der Waals surface area (Å²) in [5.41, 5.74) is 6.10. The van der Waals surface area contributed by atoms with Gasteiger partial charge < -0.3 is 10.8 Å². The van der Waals surface area contributed by atoms with Gasteiger partial charge in [0.25, 0.3) is 0 Å². The van der Waals surface area contributed by atoms with E-state index in [2.05, 4.69) is 13.8 Å². The van der Waals surface area contributed by atoms with Crippen LogP contribution in [0.4, 0.5) is 0 Å². The van der Waals surface area contributed by atoms with E-state index in [-0.39, 0.29) is 12.3 Å². The normalized spacial score (nSPS) is 23.7. The summed E-state index contributed by atoms with van der Waals surface area (Å²) in [5.74, 6) is -0.00647. The second kappa shape index (κ2) is 4.97. The third kappa shape index (κ3) is 3.82. The second-order valence-electron chi connectivity index (χ2n) is 5.60. The van der Waals surface area contributed by atoms with E-state index in [1.807, 2.05) is 0 Å². The predicted molar refractivity (Wildman–Crippen MR) is 60.5 cm³/mol. The van der Waals surface area contributed by atoms with Crippen LogP contribution in [-0.2, 0) is 4.79 Å². The Balaban J connectivity index is 2.46. The fourth-order valence-corrected chi connectivity index (χ4v) is 2.56. The molecule has 1 aliphatic rings. The molecule has 88 valence electrons. The highest BCUT2D eigenvalue weighted by Gasteiger charge is 2.31. The first-order valence-corrected chi connectivity index (χ1v) is 5.86. The molecule has 3 N–H and O–H groups in total. The molecule has 0 aromatic heterocycles. The summed E-state index contributed by atoms with van der Waals surface area (Å²) < 4.78 is 0. The highest BCUT2D eigenvalue weighted by Crippen LogP contribution is 2.41. The Morgan fingerprint density at radius 3 is 2.40 bits per heavy atom. The summed E-state index contributed by atoms with van der Waals surface area (Å²) >= 11 is 0. The molecule has 1 atom stereocenters. The Bertz CT molecular complexity index is 216. The van der Waals surface area contributed by atoms with Crippen molar-refractivity contribution in [3.8, 4) is 0 Å². The molecule has 1 aliphatic carbocycles. The number of rotatable bonds is 4. The minimum Gasteiger partial charge on any atom is -0.481 e. The topological polar surface area (TPSA) is 63.3 Å². The molecule has 1 saturated carbocycles. The number of aliphatic carboxylic acids is 1. The summed E-state index contributed by atoms with van der Waals surface area (Å²) in [6.45, 7) is 5.09. The number of hydrogen-bond donors (Lipinski definition) is 2. The number of carbonyl (C=O) groups is 1. The number of carboxylic acid groups (broad SMARTS) is 1. The molecule has 0 amide bonds. The Kier molecular flexibility index (Phi) is 4.14. The van der Waals surface area contributed by atoms with Crippen molar-refractivity contribution in [1.29, 1.82) is 0 Å². The lowest BCUT2D eigenvalue weighted by Gasteiger charge is -2.37. The highest BCUT2D eigenvalue weighted by atomic mass is 16.4. The van der Waals surface area contributed by atoms with Crippen LogP contribution in [0.15, 0.2) is 0 Å². The van der Waals surface area contributed by atoms with E-state index in [1.54, 1.807) is 0 Å². The van der Waals surface area contributed by atoms with Crippen LogP contribution in [0.25, 0.3) is 0 Å². The van der Waals surface area contributed by atoms with Crippen LogP contribution in [0.3, 0.4) is 0 Å². The van der Waals surface area contributed by atoms with Crippen molar-refractivity contribution in [2.24, 2.45) is 23.0 Å². The molecule has 0 radical (unpaired) electrons. The lowest BCUT2D eigenvalue weighted by Crippen LogP contribution is -2.31. The van der Waals surface area contributed by atoms with Gasteiger partial charge in [-0.05, 0) is 49.5 Å². The van der Waals surface area contributed by atoms with Gasteiger partial charge in [-0.2, -0.15) is 0 Å². The van der Waals surface area contributed by atoms with E-state index in [0.717, 1.165) is 12.8 Å². The van der Waals surface area contributed by atoms with Gasteiger partial charge in [-0.15, -0.1) is 0 Å². The summed E-state index contributed by atoms with van der Waals surface area (Å²) in [7, 11) is 0. The van der Waals surface area contributed by atoms with Crippen LogP contribution in [0.5, 0.6) is 0 Å². The van der Waals surface area contributed by atoms with Crippen molar-refractivity contribution in [1.82, 2.24) is 0 Å². The molecular formula is C12H23NO2. The van der Waals surface area contributed by atoms with Crippen molar-refractivity contribution < 1.29 is 9.90 Å². The number of nitrogens with two attached hydrogens (primary N) is 1. The van der Waals surface area contributed by atoms with Crippen LogP contribution in [0.1, 0.15) is 46.0 Å². The van der Waals surface area contributed by atoms with Gasteiger partial charge in [0.1, 0.15) is 0 Å². The Morgan fingerprint density at radius 1 is 1.47 bits per heavy atom. The first-order chi connectivity index (χ1) is 6.94. The molecule has 0 spiro atoms. The van der Waals surface area contributed by atoms with Crippen molar-refractivity contribution in [3.63, 3.8) is 0 Å². The van der Waals surface area contributed by atoms with Gasteiger partial charge in [-0.3, -0.25) is 4.79 Å². The zero-order chi connectivity index (χ0) is 11.5. The molecule has 1 fully saturated rings. The molecule has 0 aliphatic heterocycles. The second-order valence-corrected chi connectivity index (χ2v) is 5.60. The Morgan fingerprint density at radius 2 is 2.00 bits per heavy atom. The van der Waals surface area contributed by atoms with E-state index in [9.17, 15) is 4.79 Å². The van der Waals surface area contributed by atoms with Gasteiger partial charge in [0.2, 0.25) is 0 Å². The molecule has 1 unspecified atom stereocenters. The number of carboxylic acids is 1. The molecule has 0 aromatic rings. The lowest BCUT2D eigenvalue weighted by molar-refractivity contribution is -0.138. The van der Waals surface area contributed by atoms with Crippen molar-refractivity contribution >= 4 is 5.97 Å². The SMILES string of the molecule is CC1(C)CCC(C(CN)CC(=O)O)CC1. The van der Waals surface area contributed by atoms with E-state index in [1.165, 1.54) is 12.8 Å². The van der Waals surface area contributed by atoms with Gasteiger partial charge >= 0.3 is 5.97 Å². The third-order valence-corrected chi connectivity index (χ3v) is 3.79. The van der Waals surface area contributed by atoms with Gasteiger partial charge in [0, 0.05) is 6.42 Å². The Labute approximate surface area is 92.0 Å². The van der Waals surface area contributed by atoms with Gasteiger partial charge in [-0.1, -0.05) is 13.8 Å². The molecular weight excluding hydrogens is 190 g/mol. The minimum atomic E-state index is -0.713. The summed E-state index contributed by atoms with van der Waals surface area (Å²) in [6.07, 6.45) is 4.92. The fraction of sp³-hybridized carbons (Fsp3) is 0.917. The van der Waals surface area contributed by atoms with Crippen LogP contribution >= 0.6 is 0 Å². The average molecular weight is 213 g/mol. The summed E-state index contributed by atoms with van der Waals surface area (Å²) in [5, 5.41) is 8.79. The van der Waals surface area contributed by atoms with Crippen molar-refractivity contribution in [2.45, 2.75) is 46.0 Å². The number of hydrogen-bond acceptors (Lipinski definition) is 2. The van der Waals surface area contributed by atoms with Crippen LogP contribution in [0, 0.1) is 17.3 Å². The highest BCUT2D eigenvalue weighted by molar-refractivity contribution is 5.67. The maximum Gasteiger partial charge on any atom is 0.303 e. The smallest absolute Gasteiger partial charge is 0.303 e. The zero-order valence-electron chi connectivity index (χ0n) is 9.83.